The lowest BCUT2D eigenvalue weighted by molar-refractivity contribution is -0.141. The number of amides is 1. The highest BCUT2D eigenvalue weighted by Crippen LogP contribution is 2.28. The van der Waals surface area contributed by atoms with E-state index in [0.717, 1.165) is 18.1 Å². The quantitative estimate of drug-likeness (QED) is 0.883. The average Bonchev–Trinajstić information content (AvgIpc) is 3.01. The van der Waals surface area contributed by atoms with Gasteiger partial charge in [-0.15, -0.1) is 0 Å². The molecule has 0 radical (unpaired) electrons. The highest BCUT2D eigenvalue weighted by molar-refractivity contribution is 5.92. The minimum atomic E-state index is -4.50. The normalized spacial score (nSPS) is 16.1. The van der Waals surface area contributed by atoms with Gasteiger partial charge in [0.25, 0.3) is 5.91 Å². The van der Waals surface area contributed by atoms with E-state index in [1.165, 1.54) is 0 Å². The summed E-state index contributed by atoms with van der Waals surface area (Å²) in [5, 5.41) is 9.67. The topological polar surface area (TPSA) is 86.8 Å². The number of alkyl halides is 3. The van der Waals surface area contributed by atoms with Crippen molar-refractivity contribution < 1.29 is 18.0 Å². The van der Waals surface area contributed by atoms with Crippen LogP contribution in [0.4, 0.5) is 19.0 Å². The van der Waals surface area contributed by atoms with Gasteiger partial charge in [-0.25, -0.2) is 9.97 Å². The second-order valence-electron chi connectivity index (χ2n) is 5.93. The maximum atomic E-state index is 12.7. The lowest BCUT2D eigenvalue weighted by Gasteiger charge is -2.32. The smallest absolute Gasteiger partial charge is 0.367 e. The minimum absolute atomic E-state index is 0.0547. The van der Waals surface area contributed by atoms with Crippen LogP contribution in [0.15, 0.2) is 18.5 Å². The molecule has 3 rings (SSSR count). The van der Waals surface area contributed by atoms with Gasteiger partial charge in [0.1, 0.15) is 23.5 Å². The summed E-state index contributed by atoms with van der Waals surface area (Å²) in [5.41, 5.74) is 0.199. The molecule has 1 fully saturated rings. The summed E-state index contributed by atoms with van der Waals surface area (Å²) < 4.78 is 38.0. The summed E-state index contributed by atoms with van der Waals surface area (Å²) in [6.07, 6.45) is -2.39. The van der Waals surface area contributed by atoms with E-state index in [0.29, 0.717) is 31.6 Å². The summed E-state index contributed by atoms with van der Waals surface area (Å²) in [4.78, 5) is 21.1. The van der Waals surface area contributed by atoms with Crippen LogP contribution < -0.4 is 5.32 Å². The Kier molecular flexibility index (Phi) is 4.60. The Hall–Kier alpha value is -2.65. The van der Waals surface area contributed by atoms with Gasteiger partial charge in [-0.1, -0.05) is 0 Å². The third-order valence-corrected chi connectivity index (χ3v) is 4.02. The second-order valence-corrected chi connectivity index (χ2v) is 5.93. The summed E-state index contributed by atoms with van der Waals surface area (Å²) >= 11 is 0. The molecule has 1 saturated heterocycles. The molecule has 1 amide bonds. The first-order valence-corrected chi connectivity index (χ1v) is 7.80. The number of halogens is 3. The first-order valence-electron chi connectivity index (χ1n) is 7.80. The molecule has 0 aliphatic carbocycles. The second kappa shape index (κ2) is 6.69. The van der Waals surface area contributed by atoms with E-state index < -0.39 is 11.9 Å². The van der Waals surface area contributed by atoms with Gasteiger partial charge < -0.3 is 10.2 Å². The zero-order valence-electron chi connectivity index (χ0n) is 13.5. The molecule has 0 aromatic carbocycles. The molecule has 0 saturated carbocycles. The van der Waals surface area contributed by atoms with Crippen LogP contribution in [0.2, 0.25) is 0 Å². The van der Waals surface area contributed by atoms with Crippen molar-refractivity contribution in [2.75, 3.05) is 18.4 Å². The number of H-pyrrole nitrogens is 1. The number of piperidine rings is 1. The third-order valence-electron chi connectivity index (χ3n) is 4.02. The van der Waals surface area contributed by atoms with E-state index in [-0.39, 0.29) is 17.8 Å². The van der Waals surface area contributed by atoms with Gasteiger partial charge in [0, 0.05) is 30.9 Å². The van der Waals surface area contributed by atoms with Crippen LogP contribution in [0, 0.1) is 6.92 Å². The molecule has 2 aromatic rings. The lowest BCUT2D eigenvalue weighted by atomic mass is 10.0. The van der Waals surface area contributed by atoms with E-state index in [2.05, 4.69) is 25.5 Å². The first-order chi connectivity index (χ1) is 11.8. The lowest BCUT2D eigenvalue weighted by Crippen LogP contribution is -2.42. The van der Waals surface area contributed by atoms with Crippen molar-refractivity contribution in [1.29, 1.82) is 0 Å². The van der Waals surface area contributed by atoms with Crippen molar-refractivity contribution >= 4 is 11.7 Å². The molecule has 1 aliphatic rings. The van der Waals surface area contributed by atoms with Crippen LogP contribution in [-0.2, 0) is 6.18 Å². The number of aromatic nitrogens is 4. The van der Waals surface area contributed by atoms with Gasteiger partial charge in [0.2, 0.25) is 0 Å². The number of carbonyl (C=O) groups is 1. The van der Waals surface area contributed by atoms with Crippen molar-refractivity contribution in [2.24, 2.45) is 0 Å². The Balaban J connectivity index is 1.57. The molecule has 0 atom stereocenters. The van der Waals surface area contributed by atoms with E-state index in [4.69, 9.17) is 0 Å². The highest BCUT2D eigenvalue weighted by Gasteiger charge is 2.33. The van der Waals surface area contributed by atoms with Gasteiger partial charge in [0.15, 0.2) is 0 Å². The van der Waals surface area contributed by atoms with E-state index in [1.807, 2.05) is 6.92 Å². The van der Waals surface area contributed by atoms with Crippen LogP contribution in [0.25, 0.3) is 0 Å². The average molecular weight is 354 g/mol. The van der Waals surface area contributed by atoms with Crippen LogP contribution >= 0.6 is 0 Å². The van der Waals surface area contributed by atoms with Crippen LogP contribution in [0.5, 0.6) is 0 Å². The number of rotatable bonds is 3. The highest BCUT2D eigenvalue weighted by atomic mass is 19.4. The Morgan fingerprint density at radius 2 is 2.00 bits per heavy atom. The first kappa shape index (κ1) is 17.2. The van der Waals surface area contributed by atoms with Gasteiger partial charge >= 0.3 is 6.18 Å². The molecule has 2 aromatic heterocycles. The van der Waals surface area contributed by atoms with Gasteiger partial charge in [-0.05, 0) is 25.8 Å². The van der Waals surface area contributed by atoms with Crippen molar-refractivity contribution in [2.45, 2.75) is 32.0 Å². The molecule has 0 bridgehead atoms. The van der Waals surface area contributed by atoms with E-state index in [1.54, 1.807) is 11.0 Å². The summed E-state index contributed by atoms with van der Waals surface area (Å²) in [6.45, 7) is 2.82. The zero-order valence-corrected chi connectivity index (χ0v) is 13.5. The maximum absolute atomic E-state index is 12.7. The van der Waals surface area contributed by atoms with E-state index >= 15 is 0 Å². The third kappa shape index (κ3) is 4.06. The molecule has 2 N–H and O–H groups in total. The Morgan fingerprint density at radius 1 is 1.28 bits per heavy atom. The molecule has 134 valence electrons. The SMILES string of the molecule is Cc1cc(C(=O)N2CCC(Nc3cc(C(F)(F)F)ncn3)CC2)n[nH]1. The van der Waals surface area contributed by atoms with Crippen molar-refractivity contribution in [3.8, 4) is 0 Å². The molecule has 0 unspecified atom stereocenters. The van der Waals surface area contributed by atoms with Crippen molar-refractivity contribution in [3.63, 3.8) is 0 Å². The van der Waals surface area contributed by atoms with E-state index in [9.17, 15) is 18.0 Å². The van der Waals surface area contributed by atoms with Gasteiger partial charge in [-0.2, -0.15) is 18.3 Å². The predicted octanol–water partition coefficient (Wildman–Crippen LogP) is 2.24. The summed E-state index contributed by atoms with van der Waals surface area (Å²) in [5.74, 6) is -0.0146. The summed E-state index contributed by atoms with van der Waals surface area (Å²) in [7, 11) is 0. The molecule has 1 aliphatic heterocycles. The number of aryl methyl sites for hydroxylation is 1. The number of nitrogens with one attached hydrogen (secondary N) is 2. The Labute approximate surface area is 141 Å². The Bertz CT molecular complexity index is 752. The number of nitrogens with zero attached hydrogens (tertiary/aromatic N) is 4. The monoisotopic (exact) mass is 354 g/mol. The fourth-order valence-electron chi connectivity index (χ4n) is 2.72. The van der Waals surface area contributed by atoms with Crippen molar-refractivity contribution in [1.82, 2.24) is 25.1 Å². The molecule has 3 heterocycles. The van der Waals surface area contributed by atoms with Gasteiger partial charge in [-0.3, -0.25) is 9.89 Å². The predicted molar refractivity (Wildman–Crippen MR) is 82.9 cm³/mol. The largest absolute Gasteiger partial charge is 0.433 e. The molecule has 25 heavy (non-hydrogen) atoms. The number of aromatic amines is 1. The van der Waals surface area contributed by atoms with Crippen LogP contribution in [0.3, 0.4) is 0 Å². The molecular weight excluding hydrogens is 337 g/mol. The number of anilines is 1. The summed E-state index contributed by atoms with van der Waals surface area (Å²) in [6, 6.07) is 2.52. The number of likely N-dealkylation sites (tertiary alicyclic amines) is 1. The molecule has 0 spiro atoms. The fraction of sp³-hybridized carbons (Fsp3) is 0.467. The Morgan fingerprint density at radius 3 is 2.60 bits per heavy atom. The number of carbonyl (C=O) groups excluding carboxylic acids is 1. The van der Waals surface area contributed by atoms with Crippen LogP contribution in [0.1, 0.15) is 34.7 Å². The maximum Gasteiger partial charge on any atom is 0.433 e. The molecular formula is C15H17F3N6O. The van der Waals surface area contributed by atoms with Crippen molar-refractivity contribution in [3.05, 3.63) is 35.5 Å². The zero-order chi connectivity index (χ0) is 18.0. The standard InChI is InChI=1S/C15H17F3N6O/c1-9-6-11(23-22-9)14(25)24-4-2-10(3-5-24)21-13-7-12(15(16,17)18)19-8-20-13/h6-8,10H,2-5H2,1H3,(H,22,23)(H,19,20,21). The minimum Gasteiger partial charge on any atom is -0.367 e. The number of hydrogen-bond donors (Lipinski definition) is 2. The molecule has 10 heteroatoms. The van der Waals surface area contributed by atoms with Gasteiger partial charge in [0.05, 0.1) is 0 Å². The fourth-order valence-corrected chi connectivity index (χ4v) is 2.72. The molecule has 7 nitrogen and oxygen atoms in total. The van der Waals surface area contributed by atoms with Crippen LogP contribution in [-0.4, -0.2) is 50.1 Å². The number of hydrogen-bond acceptors (Lipinski definition) is 5.